The molecule has 0 spiro atoms. The van der Waals surface area contributed by atoms with Crippen molar-refractivity contribution in [1.29, 1.82) is 0 Å². The number of halogens is 3. The summed E-state index contributed by atoms with van der Waals surface area (Å²) >= 11 is 0. The highest BCUT2D eigenvalue weighted by Gasteiger charge is 2.60. The molecule has 36 heavy (non-hydrogen) atoms. The first-order valence-corrected chi connectivity index (χ1v) is 12.7. The molecule has 0 saturated heterocycles. The molecule has 0 radical (unpaired) electrons. The Bertz CT molecular complexity index is 1400. The highest BCUT2D eigenvalue weighted by Crippen LogP contribution is 2.64. The second-order valence-corrected chi connectivity index (χ2v) is 11.3. The number of aromatic amines is 1. The summed E-state index contributed by atoms with van der Waals surface area (Å²) in [4.78, 5) is 14.8. The Morgan fingerprint density at radius 1 is 1.14 bits per heavy atom. The number of benzene rings is 1. The summed E-state index contributed by atoms with van der Waals surface area (Å²) < 4.78 is 43.9. The molecule has 0 amide bonds. The van der Waals surface area contributed by atoms with Crippen LogP contribution in [0.5, 0.6) is 0 Å². The van der Waals surface area contributed by atoms with Crippen LogP contribution < -0.4 is 5.56 Å². The second-order valence-electron chi connectivity index (χ2n) is 11.3. The minimum Gasteiger partial charge on any atom is -0.393 e. The highest BCUT2D eigenvalue weighted by molar-refractivity contribution is 5.87. The predicted octanol–water partition coefficient (Wildman–Crippen LogP) is 5.81. The molecule has 6 rings (SSSR count). The zero-order valence-electron chi connectivity index (χ0n) is 20.2. The van der Waals surface area contributed by atoms with Gasteiger partial charge >= 0.3 is 6.18 Å². The second kappa shape index (κ2) is 7.93. The van der Waals surface area contributed by atoms with E-state index in [0.29, 0.717) is 31.1 Å². The number of pyridine rings is 1. The third kappa shape index (κ3) is 3.46. The number of allylic oxidation sites excluding steroid dienone is 3. The van der Waals surface area contributed by atoms with E-state index in [1.807, 2.05) is 19.1 Å². The number of fused-ring (bicyclic) bond motifs is 5. The molecule has 1 heterocycles. The lowest BCUT2D eigenvalue weighted by atomic mass is 9.56. The lowest BCUT2D eigenvalue weighted by molar-refractivity contribution is -0.113. The normalized spacial score (nSPS) is 34.4. The van der Waals surface area contributed by atoms with E-state index >= 15 is 0 Å². The van der Waals surface area contributed by atoms with Gasteiger partial charge in [0.2, 0.25) is 0 Å². The fourth-order valence-electron chi connectivity index (χ4n) is 7.56. The Hall–Kier alpha value is -2.64. The van der Waals surface area contributed by atoms with Crippen LogP contribution in [0.4, 0.5) is 13.2 Å². The Balaban J connectivity index is 1.49. The van der Waals surface area contributed by atoms with Gasteiger partial charge in [0.05, 0.1) is 11.7 Å². The highest BCUT2D eigenvalue weighted by atomic mass is 19.4. The van der Waals surface area contributed by atoms with Crippen LogP contribution in [-0.2, 0) is 0 Å². The van der Waals surface area contributed by atoms with Gasteiger partial charge in [-0.2, -0.15) is 13.2 Å². The van der Waals surface area contributed by atoms with E-state index in [1.165, 1.54) is 0 Å². The number of hydrogen-bond acceptors (Lipinski definition) is 3. The average Bonchev–Trinajstić information content (AvgIpc) is 3.10. The summed E-state index contributed by atoms with van der Waals surface area (Å²) in [5.74, 6) is -0.290. The molecule has 1 aromatic heterocycles. The zero-order chi connectivity index (χ0) is 25.5. The topological polar surface area (TPSA) is 73.3 Å². The monoisotopic (exact) mass is 497 g/mol. The van der Waals surface area contributed by atoms with Gasteiger partial charge in [0.1, 0.15) is 0 Å². The molecular weight excluding hydrogens is 467 g/mol. The molecule has 0 aliphatic heterocycles. The van der Waals surface area contributed by atoms with Crippen molar-refractivity contribution in [2.45, 2.75) is 69.8 Å². The molecule has 1 aromatic carbocycles. The maximum atomic E-state index is 14.6. The lowest BCUT2D eigenvalue weighted by Gasteiger charge is -2.50. The summed E-state index contributed by atoms with van der Waals surface area (Å²) in [5.41, 5.74) is -0.920. The van der Waals surface area contributed by atoms with Crippen molar-refractivity contribution in [3.8, 4) is 0 Å². The standard InChI is InChI=1S/C29H30F3NO3/c1-27-15-24(29(30,31)32)23-14-19-13-20(34)4-2-16(19)8-10-28(23,36)25(27)7-6-22(27)18-3-5-21-17(12-18)9-11-33-26(21)35/h3,5-6,9,11-12,14,16,20,25,34,36H,2,4,7-8,10,13,15H2,1H3,(H,33,35)/t16?,20?,25?,27?,28-/m1/s1. The Morgan fingerprint density at radius 2 is 1.94 bits per heavy atom. The molecule has 2 aromatic rings. The first kappa shape index (κ1) is 23.7. The van der Waals surface area contributed by atoms with Crippen molar-refractivity contribution < 1.29 is 23.4 Å². The predicted molar refractivity (Wildman–Crippen MR) is 132 cm³/mol. The SMILES string of the molecule is CC12CC(C(F)(F)F)=C3C=C4CC(O)CCC4CC[C@]3(O)C1CC=C2c1ccc2c(=O)[nH]ccc2c1. The van der Waals surface area contributed by atoms with Crippen LogP contribution >= 0.6 is 0 Å². The number of rotatable bonds is 1. The van der Waals surface area contributed by atoms with Gasteiger partial charge in [0.15, 0.2) is 0 Å². The van der Waals surface area contributed by atoms with Crippen LogP contribution in [0, 0.1) is 17.3 Å². The van der Waals surface area contributed by atoms with Crippen molar-refractivity contribution in [3.63, 3.8) is 0 Å². The third-order valence-electron chi connectivity index (χ3n) is 9.33. The van der Waals surface area contributed by atoms with Gasteiger partial charge in [0.25, 0.3) is 5.56 Å². The summed E-state index contributed by atoms with van der Waals surface area (Å²) in [6, 6.07) is 7.18. The molecule has 4 aliphatic rings. The summed E-state index contributed by atoms with van der Waals surface area (Å²) in [6.45, 7) is 1.85. The molecular formula is C29H30F3NO3. The summed E-state index contributed by atoms with van der Waals surface area (Å²) in [5, 5.41) is 23.6. The maximum absolute atomic E-state index is 14.6. The van der Waals surface area contributed by atoms with Crippen molar-refractivity contribution in [3.05, 3.63) is 75.3 Å². The number of aromatic nitrogens is 1. The van der Waals surface area contributed by atoms with Crippen molar-refractivity contribution in [2.75, 3.05) is 0 Å². The number of nitrogens with one attached hydrogen (secondary N) is 1. The number of alkyl halides is 3. The Labute approximate surface area is 207 Å². The molecule has 0 bridgehead atoms. The molecule has 1 fully saturated rings. The van der Waals surface area contributed by atoms with Gasteiger partial charge in [-0.05, 0) is 91.2 Å². The molecule has 4 aliphatic carbocycles. The van der Waals surface area contributed by atoms with Crippen LogP contribution in [0.2, 0.25) is 0 Å². The van der Waals surface area contributed by atoms with Gasteiger partial charge in [-0.3, -0.25) is 4.79 Å². The molecule has 4 unspecified atom stereocenters. The largest absolute Gasteiger partial charge is 0.413 e. The first-order valence-electron chi connectivity index (χ1n) is 12.7. The number of aliphatic hydroxyl groups excluding tert-OH is 1. The van der Waals surface area contributed by atoms with Crippen molar-refractivity contribution >= 4 is 16.3 Å². The van der Waals surface area contributed by atoms with Crippen LogP contribution in [0.25, 0.3) is 16.3 Å². The lowest BCUT2D eigenvalue weighted by Crippen LogP contribution is -2.51. The number of hydrogen-bond donors (Lipinski definition) is 3. The van der Waals surface area contributed by atoms with E-state index in [4.69, 9.17) is 0 Å². The number of aliphatic hydroxyl groups is 2. The van der Waals surface area contributed by atoms with E-state index in [0.717, 1.165) is 28.5 Å². The van der Waals surface area contributed by atoms with Crippen LogP contribution in [0.1, 0.15) is 57.4 Å². The number of H-pyrrole nitrogens is 1. The Kier molecular flexibility index (Phi) is 5.23. The van der Waals surface area contributed by atoms with Crippen molar-refractivity contribution in [1.82, 2.24) is 4.98 Å². The molecule has 7 heteroatoms. The van der Waals surface area contributed by atoms with E-state index in [2.05, 4.69) is 4.98 Å². The summed E-state index contributed by atoms with van der Waals surface area (Å²) in [7, 11) is 0. The Morgan fingerprint density at radius 3 is 2.72 bits per heavy atom. The van der Waals surface area contributed by atoms with Gasteiger partial charge in [-0.1, -0.05) is 30.7 Å². The fraction of sp³-hybridized carbons (Fsp3) is 0.483. The molecule has 1 saturated carbocycles. The van der Waals surface area contributed by atoms with E-state index in [1.54, 1.807) is 30.5 Å². The van der Waals surface area contributed by atoms with E-state index in [9.17, 15) is 28.2 Å². The first-order chi connectivity index (χ1) is 17.0. The van der Waals surface area contributed by atoms with Crippen molar-refractivity contribution in [2.24, 2.45) is 17.3 Å². The van der Waals surface area contributed by atoms with E-state index in [-0.39, 0.29) is 29.9 Å². The molecule has 190 valence electrons. The van der Waals surface area contributed by atoms with Crippen LogP contribution in [0.15, 0.2) is 64.1 Å². The van der Waals surface area contributed by atoms with Gasteiger partial charge in [0, 0.05) is 28.5 Å². The minimum absolute atomic E-state index is 0.0174. The third-order valence-corrected chi connectivity index (χ3v) is 9.33. The van der Waals surface area contributed by atoms with Gasteiger partial charge in [-0.25, -0.2) is 0 Å². The fourth-order valence-corrected chi connectivity index (χ4v) is 7.56. The van der Waals surface area contributed by atoms with Crippen LogP contribution in [0.3, 0.4) is 0 Å². The summed E-state index contributed by atoms with van der Waals surface area (Å²) in [6.07, 6.45) is 2.95. The minimum atomic E-state index is -4.58. The smallest absolute Gasteiger partial charge is 0.393 e. The molecule has 3 N–H and O–H groups in total. The maximum Gasteiger partial charge on any atom is 0.413 e. The van der Waals surface area contributed by atoms with Gasteiger partial charge < -0.3 is 15.2 Å². The van der Waals surface area contributed by atoms with E-state index < -0.39 is 34.8 Å². The molecule has 5 atom stereocenters. The average molecular weight is 498 g/mol. The zero-order valence-corrected chi connectivity index (χ0v) is 20.2. The quantitative estimate of drug-likeness (QED) is 0.465. The van der Waals surface area contributed by atoms with Gasteiger partial charge in [-0.15, -0.1) is 0 Å². The van der Waals surface area contributed by atoms with Crippen LogP contribution in [-0.4, -0.2) is 33.1 Å². The molecule has 4 nitrogen and oxygen atoms in total.